The smallest absolute Gasteiger partial charge is 0.133 e. The van der Waals surface area contributed by atoms with Gasteiger partial charge in [0.2, 0.25) is 0 Å². The van der Waals surface area contributed by atoms with E-state index in [9.17, 15) is 5.11 Å². The van der Waals surface area contributed by atoms with Crippen molar-refractivity contribution in [3.8, 4) is 0 Å². The second-order valence-corrected chi connectivity index (χ2v) is 6.60. The fraction of sp³-hybridized carbons (Fsp3) is 0.733. The van der Waals surface area contributed by atoms with Crippen molar-refractivity contribution in [3.05, 3.63) is 17.6 Å². The maximum Gasteiger partial charge on any atom is 0.133 e. The first kappa shape index (κ1) is 15.9. The third-order valence-corrected chi connectivity index (χ3v) is 2.94. The molecule has 1 heterocycles. The van der Waals surface area contributed by atoms with Crippen LogP contribution < -0.4 is 4.90 Å². The standard InChI is InChI=1S/C15H27N3O/c1-10(2)14-16-12(15(4,5)6)8-13(17-14)18(7)9-11(3)19/h8,10-11,19H,9H2,1-7H3. The predicted octanol–water partition coefficient (Wildman–Crippen LogP) is 2.71. The fourth-order valence-corrected chi connectivity index (χ4v) is 1.78. The van der Waals surface area contributed by atoms with Gasteiger partial charge in [-0.3, -0.25) is 0 Å². The van der Waals surface area contributed by atoms with Gasteiger partial charge in [0.25, 0.3) is 0 Å². The summed E-state index contributed by atoms with van der Waals surface area (Å²) in [6.07, 6.45) is -0.374. The number of nitrogens with zero attached hydrogens (tertiary/aromatic N) is 3. The molecule has 1 N–H and O–H groups in total. The Morgan fingerprint density at radius 1 is 1.21 bits per heavy atom. The van der Waals surface area contributed by atoms with E-state index in [4.69, 9.17) is 0 Å². The van der Waals surface area contributed by atoms with Crippen LogP contribution in [0.25, 0.3) is 0 Å². The van der Waals surface area contributed by atoms with Crippen molar-refractivity contribution >= 4 is 5.82 Å². The highest BCUT2D eigenvalue weighted by Gasteiger charge is 2.20. The number of hydrogen-bond acceptors (Lipinski definition) is 4. The SMILES string of the molecule is CC(O)CN(C)c1cc(C(C)(C)C)nc(C(C)C)n1. The second-order valence-electron chi connectivity index (χ2n) is 6.60. The Morgan fingerprint density at radius 3 is 2.21 bits per heavy atom. The van der Waals surface area contributed by atoms with Crippen LogP contribution in [0.2, 0.25) is 0 Å². The highest BCUT2D eigenvalue weighted by molar-refractivity contribution is 5.41. The molecule has 0 aromatic carbocycles. The third kappa shape index (κ3) is 4.46. The van der Waals surface area contributed by atoms with E-state index >= 15 is 0 Å². The van der Waals surface area contributed by atoms with Crippen LogP contribution in [0.15, 0.2) is 6.07 Å². The minimum atomic E-state index is -0.374. The van der Waals surface area contributed by atoms with Gasteiger partial charge in [-0.1, -0.05) is 34.6 Å². The van der Waals surface area contributed by atoms with Gasteiger partial charge in [0.15, 0.2) is 0 Å². The topological polar surface area (TPSA) is 49.2 Å². The number of likely N-dealkylation sites (N-methyl/N-ethyl adjacent to an activating group) is 1. The van der Waals surface area contributed by atoms with Gasteiger partial charge in [0, 0.05) is 31.0 Å². The van der Waals surface area contributed by atoms with Crippen molar-refractivity contribution in [1.82, 2.24) is 9.97 Å². The fourth-order valence-electron chi connectivity index (χ4n) is 1.78. The number of aliphatic hydroxyl groups excluding tert-OH is 1. The molecule has 1 rings (SSSR count). The molecular weight excluding hydrogens is 238 g/mol. The van der Waals surface area contributed by atoms with Crippen molar-refractivity contribution < 1.29 is 5.11 Å². The van der Waals surface area contributed by atoms with Crippen LogP contribution in [-0.2, 0) is 5.41 Å². The molecular formula is C15H27N3O. The zero-order chi connectivity index (χ0) is 14.8. The molecule has 1 unspecified atom stereocenters. The molecule has 0 spiro atoms. The first-order valence-corrected chi connectivity index (χ1v) is 6.90. The van der Waals surface area contributed by atoms with Crippen LogP contribution >= 0.6 is 0 Å². The van der Waals surface area contributed by atoms with Crippen LogP contribution in [0.5, 0.6) is 0 Å². The highest BCUT2D eigenvalue weighted by atomic mass is 16.3. The number of anilines is 1. The lowest BCUT2D eigenvalue weighted by molar-refractivity contribution is 0.201. The molecule has 0 aliphatic rings. The van der Waals surface area contributed by atoms with Gasteiger partial charge in [0.05, 0.1) is 11.8 Å². The molecule has 0 fully saturated rings. The van der Waals surface area contributed by atoms with Gasteiger partial charge >= 0.3 is 0 Å². The van der Waals surface area contributed by atoms with Crippen molar-refractivity contribution in [2.45, 2.75) is 59.0 Å². The van der Waals surface area contributed by atoms with Crippen molar-refractivity contribution in [1.29, 1.82) is 0 Å². The van der Waals surface area contributed by atoms with Gasteiger partial charge in [-0.25, -0.2) is 9.97 Å². The number of hydrogen-bond donors (Lipinski definition) is 1. The Bertz CT molecular complexity index is 422. The summed E-state index contributed by atoms with van der Waals surface area (Å²) < 4.78 is 0. The van der Waals surface area contributed by atoms with Gasteiger partial charge in [0.1, 0.15) is 11.6 Å². The average molecular weight is 265 g/mol. The highest BCUT2D eigenvalue weighted by Crippen LogP contribution is 2.25. The van der Waals surface area contributed by atoms with E-state index in [-0.39, 0.29) is 11.5 Å². The molecule has 0 radical (unpaired) electrons. The molecule has 1 atom stereocenters. The minimum absolute atomic E-state index is 0.00694. The van der Waals surface area contributed by atoms with E-state index in [2.05, 4.69) is 44.6 Å². The minimum Gasteiger partial charge on any atom is -0.392 e. The molecule has 0 saturated carbocycles. The molecule has 0 aliphatic heterocycles. The zero-order valence-electron chi connectivity index (χ0n) is 13.2. The number of rotatable bonds is 4. The van der Waals surface area contributed by atoms with E-state index in [0.29, 0.717) is 12.5 Å². The Balaban J connectivity index is 3.20. The van der Waals surface area contributed by atoms with Crippen LogP contribution in [0.3, 0.4) is 0 Å². The summed E-state index contributed by atoms with van der Waals surface area (Å²) in [5.74, 6) is 2.03. The third-order valence-electron chi connectivity index (χ3n) is 2.94. The van der Waals surface area contributed by atoms with Gasteiger partial charge in [-0.15, -0.1) is 0 Å². The summed E-state index contributed by atoms with van der Waals surface area (Å²) in [5.41, 5.74) is 1.03. The molecule has 4 nitrogen and oxygen atoms in total. The Morgan fingerprint density at radius 2 is 1.79 bits per heavy atom. The van der Waals surface area contributed by atoms with Crippen LogP contribution in [-0.4, -0.2) is 34.8 Å². The number of aromatic nitrogens is 2. The largest absolute Gasteiger partial charge is 0.392 e. The van der Waals surface area contributed by atoms with E-state index < -0.39 is 0 Å². The molecule has 1 aromatic rings. The van der Waals surface area contributed by atoms with E-state index in [1.165, 1.54) is 0 Å². The molecule has 0 saturated heterocycles. The first-order chi connectivity index (χ1) is 8.61. The lowest BCUT2D eigenvalue weighted by Gasteiger charge is -2.25. The summed E-state index contributed by atoms with van der Waals surface area (Å²) in [6.45, 7) is 13.0. The van der Waals surface area contributed by atoms with Crippen LogP contribution in [0.4, 0.5) is 5.82 Å². The lowest BCUT2D eigenvalue weighted by Crippen LogP contribution is -2.29. The van der Waals surface area contributed by atoms with Gasteiger partial charge in [-0.05, 0) is 6.92 Å². The monoisotopic (exact) mass is 265 g/mol. The molecule has 4 heteroatoms. The van der Waals surface area contributed by atoms with Gasteiger partial charge in [-0.2, -0.15) is 0 Å². The lowest BCUT2D eigenvalue weighted by atomic mass is 9.91. The average Bonchev–Trinajstić information content (AvgIpc) is 2.26. The quantitative estimate of drug-likeness (QED) is 0.909. The van der Waals surface area contributed by atoms with Crippen molar-refractivity contribution in [3.63, 3.8) is 0 Å². The molecule has 1 aromatic heterocycles. The van der Waals surface area contributed by atoms with Gasteiger partial charge < -0.3 is 10.0 Å². The number of aliphatic hydroxyl groups is 1. The Hall–Kier alpha value is -1.16. The summed E-state index contributed by atoms with van der Waals surface area (Å²) >= 11 is 0. The van der Waals surface area contributed by atoms with E-state index in [1.54, 1.807) is 6.92 Å². The second kappa shape index (κ2) is 5.87. The maximum absolute atomic E-state index is 9.51. The molecule has 0 bridgehead atoms. The summed E-state index contributed by atoms with van der Waals surface area (Å²) in [6, 6.07) is 2.02. The van der Waals surface area contributed by atoms with Crippen LogP contribution in [0.1, 0.15) is 59.0 Å². The van der Waals surface area contributed by atoms with Crippen molar-refractivity contribution in [2.24, 2.45) is 0 Å². The zero-order valence-corrected chi connectivity index (χ0v) is 13.2. The maximum atomic E-state index is 9.51. The van der Waals surface area contributed by atoms with E-state index in [0.717, 1.165) is 17.3 Å². The molecule has 108 valence electrons. The van der Waals surface area contributed by atoms with Crippen LogP contribution in [0, 0.1) is 0 Å². The molecule has 0 amide bonds. The van der Waals surface area contributed by atoms with Crippen molar-refractivity contribution in [2.75, 3.05) is 18.5 Å². The summed E-state index contributed by atoms with van der Waals surface area (Å²) in [7, 11) is 1.95. The normalized spacial score (nSPS) is 13.7. The van der Waals surface area contributed by atoms with E-state index in [1.807, 2.05) is 18.0 Å². The molecule has 0 aliphatic carbocycles. The predicted molar refractivity (Wildman–Crippen MR) is 79.8 cm³/mol. The summed E-state index contributed by atoms with van der Waals surface area (Å²) in [4.78, 5) is 11.2. The Labute approximate surface area is 116 Å². The molecule has 19 heavy (non-hydrogen) atoms. The Kier molecular flexibility index (Phi) is 4.91. The first-order valence-electron chi connectivity index (χ1n) is 6.90. The summed E-state index contributed by atoms with van der Waals surface area (Å²) in [5, 5.41) is 9.51.